The monoisotopic (exact) mass is 798 g/mol. The smallest absolute Gasteiger partial charge is 0.337 e. The second kappa shape index (κ2) is 24.8. The van der Waals surface area contributed by atoms with E-state index in [1.165, 1.54) is 12.7 Å². The molecule has 0 amide bonds. The highest BCUT2D eigenvalue weighted by Crippen LogP contribution is 2.42. The Labute approximate surface area is 341 Å². The van der Waals surface area contributed by atoms with Crippen molar-refractivity contribution in [3.8, 4) is 0 Å². The number of carbonyl (C=O) groups excluding carboxylic acids is 1. The number of hydrogen-bond acceptors (Lipinski definition) is 11. The lowest BCUT2D eigenvalue weighted by Gasteiger charge is -2.30. The molecule has 4 aliphatic heterocycles. The third-order valence-corrected chi connectivity index (χ3v) is 12.0. The summed E-state index contributed by atoms with van der Waals surface area (Å²) in [5.41, 5.74) is 1.30. The predicted octanol–water partition coefficient (Wildman–Crippen LogP) is 8.11. The van der Waals surface area contributed by atoms with Gasteiger partial charge in [-0.3, -0.25) is 0 Å². The minimum atomic E-state index is -1.07. The number of unbranched alkanes of at least 4 members (excludes halogenated alkanes) is 1. The minimum absolute atomic E-state index is 0.0480. The van der Waals surface area contributed by atoms with Gasteiger partial charge in [0.2, 0.25) is 0 Å². The zero-order chi connectivity index (χ0) is 39.5. The number of aliphatic hydroxyl groups is 1. The number of allylic oxidation sites excluding steroid dienone is 2. The summed E-state index contributed by atoms with van der Waals surface area (Å²) in [5, 5.41) is 11.0. The summed E-state index contributed by atoms with van der Waals surface area (Å²) < 4.78 is 55.1. The van der Waals surface area contributed by atoms with Crippen molar-refractivity contribution >= 4 is 5.97 Å². The second-order valence-electron chi connectivity index (χ2n) is 16.4. The van der Waals surface area contributed by atoms with E-state index in [0.29, 0.717) is 25.9 Å². The third kappa shape index (κ3) is 14.8. The van der Waals surface area contributed by atoms with Crippen LogP contribution < -0.4 is 0 Å². The van der Waals surface area contributed by atoms with Crippen LogP contribution in [-0.2, 0) is 53.8 Å². The van der Waals surface area contributed by atoms with Crippen molar-refractivity contribution in [1.29, 1.82) is 0 Å². The number of aliphatic hydroxyl groups excluding tert-OH is 1. The Balaban J connectivity index is 1.14. The van der Waals surface area contributed by atoms with Gasteiger partial charge >= 0.3 is 5.97 Å². The first-order valence-corrected chi connectivity index (χ1v) is 22.3. The van der Waals surface area contributed by atoms with Gasteiger partial charge in [-0.05, 0) is 127 Å². The molecule has 6 rings (SSSR count). The molecule has 11 atom stereocenters. The van der Waals surface area contributed by atoms with Crippen molar-refractivity contribution in [2.24, 2.45) is 11.8 Å². The summed E-state index contributed by atoms with van der Waals surface area (Å²) in [4.78, 5) is 12.5. The molecule has 4 heterocycles. The summed E-state index contributed by atoms with van der Waals surface area (Å²) in [6.07, 6.45) is 22.7. The number of hydrogen-bond donors (Lipinski definition) is 1. The standard InChI is InChI=1S/C46H70O11/c1-49-46(48)45(57-44-24-12-16-32-53-44)38(47)20-8-3-2-7-19-36-37(28-27-35(54-41-21-9-13-29-50-41)26-25-34-17-5-4-6-18-34)40(56-43-23-11-15-31-52-43)33-39(36)55-42-22-10-14-30-51-42/h2,4-7,17-18,27-28,35-45,47H,3,8-16,19-26,29-33H2,1H3/b7-2-,28-27+/t35-,36+,37+,38?,39-,40+,41?,42?,43?,44?,45?/m0/s1. The van der Waals surface area contributed by atoms with Crippen molar-refractivity contribution in [1.82, 2.24) is 0 Å². The highest BCUT2D eigenvalue weighted by Gasteiger charge is 2.45. The molecule has 0 bridgehead atoms. The molecule has 1 aliphatic carbocycles. The fraction of sp³-hybridized carbons (Fsp3) is 0.761. The Hall–Kier alpha value is -2.19. The molecule has 6 unspecified atom stereocenters. The van der Waals surface area contributed by atoms with Crippen molar-refractivity contribution in [3.05, 3.63) is 60.2 Å². The highest BCUT2D eigenvalue weighted by molar-refractivity contribution is 5.75. The lowest BCUT2D eigenvalue weighted by atomic mass is 9.89. The molecule has 4 saturated heterocycles. The Kier molecular flexibility index (Phi) is 19.3. The lowest BCUT2D eigenvalue weighted by molar-refractivity contribution is -0.217. The average Bonchev–Trinajstić information content (AvgIpc) is 3.57. The van der Waals surface area contributed by atoms with E-state index in [1.54, 1.807) is 0 Å². The molecule has 5 aliphatic rings. The van der Waals surface area contributed by atoms with Crippen LogP contribution in [0.2, 0.25) is 0 Å². The number of esters is 1. The Morgan fingerprint density at radius 3 is 1.95 bits per heavy atom. The molecule has 320 valence electrons. The van der Waals surface area contributed by atoms with Gasteiger partial charge in [-0.2, -0.15) is 0 Å². The van der Waals surface area contributed by atoms with Gasteiger partial charge in [0.1, 0.15) is 0 Å². The van der Waals surface area contributed by atoms with Crippen LogP contribution in [0.3, 0.4) is 0 Å². The molecule has 11 heteroatoms. The second-order valence-corrected chi connectivity index (χ2v) is 16.4. The Morgan fingerprint density at radius 2 is 1.35 bits per heavy atom. The van der Waals surface area contributed by atoms with Crippen molar-refractivity contribution < 1.29 is 52.5 Å². The first-order chi connectivity index (χ1) is 28.1. The van der Waals surface area contributed by atoms with E-state index in [1.807, 2.05) is 0 Å². The van der Waals surface area contributed by atoms with E-state index >= 15 is 0 Å². The van der Waals surface area contributed by atoms with Crippen LogP contribution in [0.25, 0.3) is 0 Å². The molecule has 1 aromatic carbocycles. The van der Waals surface area contributed by atoms with Gasteiger partial charge in [0.15, 0.2) is 31.3 Å². The van der Waals surface area contributed by atoms with Gasteiger partial charge in [-0.1, -0.05) is 54.6 Å². The molecular formula is C46H70O11. The summed E-state index contributed by atoms with van der Waals surface area (Å²) in [5.74, 6) is -0.351. The fourth-order valence-electron chi connectivity index (χ4n) is 8.79. The van der Waals surface area contributed by atoms with Gasteiger partial charge in [-0.15, -0.1) is 0 Å². The van der Waals surface area contributed by atoms with E-state index in [4.69, 9.17) is 42.6 Å². The lowest BCUT2D eigenvalue weighted by Crippen LogP contribution is -2.41. The molecule has 1 saturated carbocycles. The minimum Gasteiger partial charge on any atom is -0.467 e. The number of ether oxygens (including phenoxy) is 9. The maximum absolute atomic E-state index is 12.5. The molecule has 0 aromatic heterocycles. The van der Waals surface area contributed by atoms with E-state index in [-0.39, 0.29) is 49.0 Å². The Bertz CT molecular complexity index is 1300. The first kappa shape index (κ1) is 44.4. The van der Waals surface area contributed by atoms with Crippen LogP contribution >= 0.6 is 0 Å². The van der Waals surface area contributed by atoms with E-state index in [0.717, 1.165) is 123 Å². The van der Waals surface area contributed by atoms with E-state index in [9.17, 15) is 9.90 Å². The van der Waals surface area contributed by atoms with E-state index in [2.05, 4.69) is 54.6 Å². The molecule has 11 nitrogen and oxygen atoms in total. The molecular weight excluding hydrogens is 728 g/mol. The van der Waals surface area contributed by atoms with Crippen LogP contribution in [0, 0.1) is 11.8 Å². The largest absolute Gasteiger partial charge is 0.467 e. The SMILES string of the molecule is COC(=O)C(OC1CCCCO1)C(O)CCC/C=C\C[C@@H]1[C@@H](/C=C/[C@H](CCc2ccccc2)OC2CCCCO2)[C@H](OC2CCCCO2)C[C@@H]1OC1CCCCO1. The number of rotatable bonds is 21. The van der Waals surface area contributed by atoms with Crippen molar-refractivity contribution in [2.75, 3.05) is 33.5 Å². The molecule has 1 N–H and O–H groups in total. The van der Waals surface area contributed by atoms with Crippen LogP contribution in [0.15, 0.2) is 54.6 Å². The predicted molar refractivity (Wildman–Crippen MR) is 215 cm³/mol. The maximum atomic E-state index is 12.5. The molecule has 57 heavy (non-hydrogen) atoms. The van der Waals surface area contributed by atoms with Gasteiger partial charge in [0, 0.05) is 38.8 Å². The van der Waals surface area contributed by atoms with Crippen LogP contribution in [0.5, 0.6) is 0 Å². The summed E-state index contributed by atoms with van der Waals surface area (Å²) in [6.45, 7) is 2.79. The van der Waals surface area contributed by atoms with Gasteiger partial charge in [-0.25, -0.2) is 4.79 Å². The number of carbonyl (C=O) groups is 1. The van der Waals surface area contributed by atoms with E-state index < -0.39 is 24.5 Å². The molecule has 1 aromatic rings. The Morgan fingerprint density at radius 1 is 0.754 bits per heavy atom. The van der Waals surface area contributed by atoms with Crippen LogP contribution in [0.1, 0.15) is 121 Å². The topological polar surface area (TPSA) is 120 Å². The van der Waals surface area contributed by atoms with Gasteiger partial charge in [0.05, 0.1) is 31.5 Å². The highest BCUT2D eigenvalue weighted by atomic mass is 16.7. The quantitative estimate of drug-likeness (QED) is 0.0738. The summed E-state index contributed by atoms with van der Waals surface area (Å²) >= 11 is 0. The first-order valence-electron chi connectivity index (χ1n) is 22.3. The van der Waals surface area contributed by atoms with Crippen molar-refractivity contribution in [3.63, 3.8) is 0 Å². The molecule has 0 radical (unpaired) electrons. The van der Waals surface area contributed by atoms with Gasteiger partial charge < -0.3 is 47.7 Å². The number of methoxy groups -OCH3 is 1. The molecule has 0 spiro atoms. The van der Waals surface area contributed by atoms with Crippen LogP contribution in [-0.4, -0.2) is 100 Å². The average molecular weight is 799 g/mol. The zero-order valence-corrected chi connectivity index (χ0v) is 34.3. The fourth-order valence-corrected chi connectivity index (χ4v) is 8.79. The third-order valence-electron chi connectivity index (χ3n) is 12.0. The summed E-state index contributed by atoms with van der Waals surface area (Å²) in [7, 11) is 1.32. The normalized spacial score (nSPS) is 31.7. The van der Waals surface area contributed by atoms with Crippen molar-refractivity contribution in [2.45, 2.75) is 178 Å². The summed E-state index contributed by atoms with van der Waals surface area (Å²) in [6, 6.07) is 10.6. The maximum Gasteiger partial charge on any atom is 0.337 e. The number of benzene rings is 1. The van der Waals surface area contributed by atoms with Crippen LogP contribution in [0.4, 0.5) is 0 Å². The zero-order valence-electron chi connectivity index (χ0n) is 34.3. The number of aryl methyl sites for hydroxylation is 1. The molecule has 5 fully saturated rings. The van der Waals surface area contributed by atoms with Gasteiger partial charge in [0.25, 0.3) is 0 Å².